The van der Waals surface area contributed by atoms with Crippen LogP contribution in [0.25, 0.3) is 0 Å². The highest BCUT2D eigenvalue weighted by atomic mass is 35.5. The van der Waals surface area contributed by atoms with Gasteiger partial charge in [-0.2, -0.15) is 0 Å². The SMILES string of the molecule is CN(c1cccc(F)c1)c1ccc(Cl)cc1C(N)=S. The number of nitrogens with two attached hydrogens (primary N) is 1. The summed E-state index contributed by atoms with van der Waals surface area (Å²) in [5.74, 6) is -0.296. The van der Waals surface area contributed by atoms with Gasteiger partial charge in [0, 0.05) is 23.3 Å². The minimum absolute atomic E-state index is 0.251. The molecule has 5 heteroatoms. The molecule has 0 atom stereocenters. The lowest BCUT2D eigenvalue weighted by Crippen LogP contribution is -2.17. The summed E-state index contributed by atoms with van der Waals surface area (Å²) in [6.07, 6.45) is 0. The lowest BCUT2D eigenvalue weighted by Gasteiger charge is -2.22. The van der Waals surface area contributed by atoms with Crippen molar-refractivity contribution in [2.75, 3.05) is 11.9 Å². The molecule has 0 spiro atoms. The van der Waals surface area contributed by atoms with Gasteiger partial charge >= 0.3 is 0 Å². The molecule has 2 nitrogen and oxygen atoms in total. The second-order valence-corrected chi connectivity index (χ2v) is 4.94. The fourth-order valence-corrected chi connectivity index (χ4v) is 2.16. The molecule has 0 unspecified atom stereocenters. The number of anilines is 2. The van der Waals surface area contributed by atoms with Crippen molar-refractivity contribution in [3.63, 3.8) is 0 Å². The van der Waals surface area contributed by atoms with Crippen molar-refractivity contribution in [3.8, 4) is 0 Å². The normalized spacial score (nSPS) is 10.3. The molecule has 98 valence electrons. The number of nitrogens with zero attached hydrogens (tertiary/aromatic N) is 1. The van der Waals surface area contributed by atoms with Crippen LogP contribution in [0.3, 0.4) is 0 Å². The summed E-state index contributed by atoms with van der Waals surface area (Å²) < 4.78 is 13.3. The van der Waals surface area contributed by atoms with E-state index in [1.807, 2.05) is 18.0 Å². The van der Waals surface area contributed by atoms with E-state index in [2.05, 4.69) is 0 Å². The Hall–Kier alpha value is -1.65. The van der Waals surface area contributed by atoms with Crippen LogP contribution >= 0.6 is 23.8 Å². The maximum absolute atomic E-state index is 13.3. The minimum atomic E-state index is -0.296. The molecule has 0 bridgehead atoms. The van der Waals surface area contributed by atoms with Gasteiger partial charge in [-0.05, 0) is 36.4 Å². The van der Waals surface area contributed by atoms with E-state index in [0.29, 0.717) is 16.3 Å². The molecule has 0 fully saturated rings. The van der Waals surface area contributed by atoms with Crippen molar-refractivity contribution in [1.82, 2.24) is 0 Å². The summed E-state index contributed by atoms with van der Waals surface area (Å²) in [6.45, 7) is 0. The molecule has 0 amide bonds. The van der Waals surface area contributed by atoms with Crippen molar-refractivity contribution in [2.24, 2.45) is 5.73 Å². The van der Waals surface area contributed by atoms with Gasteiger partial charge in [-0.15, -0.1) is 0 Å². The smallest absolute Gasteiger partial charge is 0.125 e. The monoisotopic (exact) mass is 294 g/mol. The third kappa shape index (κ3) is 3.03. The largest absolute Gasteiger partial charge is 0.389 e. The Kier molecular flexibility index (Phi) is 4.02. The Balaban J connectivity index is 2.49. The number of halogens is 2. The summed E-state index contributed by atoms with van der Waals surface area (Å²) in [7, 11) is 1.82. The average molecular weight is 295 g/mol. The summed E-state index contributed by atoms with van der Waals surface area (Å²) in [5, 5.41) is 0.555. The maximum atomic E-state index is 13.3. The predicted molar refractivity (Wildman–Crippen MR) is 81.8 cm³/mol. The molecule has 0 saturated heterocycles. The van der Waals surface area contributed by atoms with Crippen molar-refractivity contribution in [3.05, 3.63) is 58.9 Å². The van der Waals surface area contributed by atoms with E-state index in [9.17, 15) is 4.39 Å². The first-order chi connectivity index (χ1) is 8.99. The van der Waals surface area contributed by atoms with Gasteiger partial charge in [0.15, 0.2) is 0 Å². The van der Waals surface area contributed by atoms with Crippen LogP contribution in [0.4, 0.5) is 15.8 Å². The number of hydrogen-bond acceptors (Lipinski definition) is 2. The molecule has 0 aliphatic carbocycles. The topological polar surface area (TPSA) is 29.3 Å². The van der Waals surface area contributed by atoms with Gasteiger partial charge in [-0.25, -0.2) is 4.39 Å². The average Bonchev–Trinajstić information content (AvgIpc) is 2.37. The Labute approximate surface area is 121 Å². The summed E-state index contributed by atoms with van der Waals surface area (Å²) in [5.41, 5.74) is 7.85. The van der Waals surface area contributed by atoms with Crippen LogP contribution in [-0.4, -0.2) is 12.0 Å². The number of benzene rings is 2. The first-order valence-corrected chi connectivity index (χ1v) is 6.36. The molecule has 19 heavy (non-hydrogen) atoms. The number of hydrogen-bond donors (Lipinski definition) is 1. The van der Waals surface area contributed by atoms with Crippen LogP contribution in [0.5, 0.6) is 0 Å². The molecule has 2 rings (SSSR count). The standard InChI is InChI=1S/C14H12ClFN2S/c1-18(11-4-2-3-10(16)8-11)13-6-5-9(15)7-12(13)14(17)19/h2-8H,1H3,(H2,17,19). The fraction of sp³-hybridized carbons (Fsp3) is 0.0714. The van der Waals surface area contributed by atoms with Gasteiger partial charge in [-0.3, -0.25) is 0 Å². The van der Waals surface area contributed by atoms with E-state index < -0.39 is 0 Å². The molecule has 2 aromatic rings. The van der Waals surface area contributed by atoms with E-state index in [0.717, 1.165) is 5.69 Å². The van der Waals surface area contributed by atoms with Gasteiger partial charge in [0.2, 0.25) is 0 Å². The van der Waals surface area contributed by atoms with Crippen LogP contribution in [0.1, 0.15) is 5.56 Å². The zero-order chi connectivity index (χ0) is 14.0. The van der Waals surface area contributed by atoms with E-state index in [-0.39, 0.29) is 10.8 Å². The lowest BCUT2D eigenvalue weighted by atomic mass is 10.1. The first kappa shape index (κ1) is 13.8. The van der Waals surface area contributed by atoms with Crippen molar-refractivity contribution < 1.29 is 4.39 Å². The predicted octanol–water partition coefficient (Wildman–Crippen LogP) is 3.88. The van der Waals surface area contributed by atoms with Crippen LogP contribution in [0.2, 0.25) is 5.02 Å². The molecule has 0 aliphatic rings. The minimum Gasteiger partial charge on any atom is -0.389 e. The summed E-state index contributed by atoms with van der Waals surface area (Å²) in [4.78, 5) is 2.06. The Morgan fingerprint density at radius 1 is 1.26 bits per heavy atom. The lowest BCUT2D eigenvalue weighted by molar-refractivity contribution is 0.628. The zero-order valence-electron chi connectivity index (χ0n) is 10.2. The third-order valence-electron chi connectivity index (χ3n) is 2.78. The molecule has 0 saturated carbocycles. The quantitative estimate of drug-likeness (QED) is 0.871. The van der Waals surface area contributed by atoms with E-state index in [1.165, 1.54) is 12.1 Å². The van der Waals surface area contributed by atoms with Crippen LogP contribution in [0.15, 0.2) is 42.5 Å². The molecular weight excluding hydrogens is 283 g/mol. The second kappa shape index (κ2) is 5.55. The second-order valence-electron chi connectivity index (χ2n) is 4.06. The van der Waals surface area contributed by atoms with Gasteiger partial charge in [-0.1, -0.05) is 29.9 Å². The molecule has 0 heterocycles. The molecular formula is C14H12ClFN2S. The number of thiocarbonyl (C=S) groups is 1. The zero-order valence-corrected chi connectivity index (χ0v) is 11.8. The molecule has 2 aromatic carbocycles. The highest BCUT2D eigenvalue weighted by molar-refractivity contribution is 7.80. The molecule has 0 aliphatic heterocycles. The highest BCUT2D eigenvalue weighted by Crippen LogP contribution is 2.29. The van der Waals surface area contributed by atoms with Crippen molar-refractivity contribution in [2.45, 2.75) is 0 Å². The van der Waals surface area contributed by atoms with Crippen molar-refractivity contribution >= 4 is 40.2 Å². The van der Waals surface area contributed by atoms with Gasteiger partial charge in [0.1, 0.15) is 10.8 Å². The highest BCUT2D eigenvalue weighted by Gasteiger charge is 2.12. The van der Waals surface area contributed by atoms with Crippen LogP contribution < -0.4 is 10.6 Å². The molecule has 0 aromatic heterocycles. The first-order valence-electron chi connectivity index (χ1n) is 5.57. The van der Waals surface area contributed by atoms with E-state index >= 15 is 0 Å². The summed E-state index contributed by atoms with van der Waals surface area (Å²) in [6, 6.07) is 11.6. The fourth-order valence-electron chi connectivity index (χ4n) is 1.82. The number of rotatable bonds is 3. The maximum Gasteiger partial charge on any atom is 0.125 e. The van der Waals surface area contributed by atoms with Gasteiger partial charge < -0.3 is 10.6 Å². The van der Waals surface area contributed by atoms with Crippen LogP contribution in [0, 0.1) is 5.82 Å². The Morgan fingerprint density at radius 3 is 2.63 bits per heavy atom. The third-order valence-corrected chi connectivity index (χ3v) is 3.24. The van der Waals surface area contributed by atoms with Crippen LogP contribution in [-0.2, 0) is 0 Å². The Bertz CT molecular complexity index is 631. The Morgan fingerprint density at radius 2 is 2.00 bits per heavy atom. The van der Waals surface area contributed by atoms with E-state index in [1.54, 1.807) is 24.3 Å². The van der Waals surface area contributed by atoms with Gasteiger partial charge in [0.25, 0.3) is 0 Å². The summed E-state index contributed by atoms with van der Waals surface area (Å²) >= 11 is 11.0. The molecule has 2 N–H and O–H groups in total. The van der Waals surface area contributed by atoms with E-state index in [4.69, 9.17) is 29.6 Å². The van der Waals surface area contributed by atoms with Crippen molar-refractivity contribution in [1.29, 1.82) is 0 Å². The van der Waals surface area contributed by atoms with Gasteiger partial charge in [0.05, 0.1) is 5.69 Å². The molecule has 0 radical (unpaired) electrons.